The van der Waals surface area contributed by atoms with Gasteiger partial charge >= 0.3 is 0 Å². The van der Waals surface area contributed by atoms with E-state index in [-0.39, 0.29) is 11.6 Å². The lowest BCUT2D eigenvalue weighted by atomic mass is 10.2. The number of guanidine groups is 1. The highest BCUT2D eigenvalue weighted by Crippen LogP contribution is 2.18. The fourth-order valence-corrected chi connectivity index (χ4v) is 2.14. The van der Waals surface area contributed by atoms with Gasteiger partial charge in [-0.05, 0) is 30.9 Å². The van der Waals surface area contributed by atoms with Gasteiger partial charge in [0.15, 0.2) is 17.5 Å². The summed E-state index contributed by atoms with van der Waals surface area (Å²) in [7, 11) is 3.42. The van der Waals surface area contributed by atoms with E-state index >= 15 is 0 Å². The minimum atomic E-state index is -0.341. The van der Waals surface area contributed by atoms with Crippen LogP contribution in [0.1, 0.15) is 19.4 Å². The number of aliphatic imine (C=N–C) groups is 1. The third-order valence-electron chi connectivity index (χ3n) is 3.23. The van der Waals surface area contributed by atoms with Crippen LogP contribution in [0.3, 0.4) is 0 Å². The second kappa shape index (κ2) is 9.56. The normalized spacial score (nSPS) is 12.9. The molecule has 0 radical (unpaired) electrons. The number of benzene rings is 1. The first-order valence-corrected chi connectivity index (χ1v) is 8.65. The van der Waals surface area contributed by atoms with E-state index < -0.39 is 0 Å². The van der Waals surface area contributed by atoms with Crippen LogP contribution in [-0.4, -0.2) is 49.6 Å². The van der Waals surface area contributed by atoms with Crippen LogP contribution < -0.4 is 10.1 Å². The lowest BCUT2D eigenvalue weighted by Gasteiger charge is -2.22. The predicted octanol–water partition coefficient (Wildman–Crippen LogP) is 2.98. The van der Waals surface area contributed by atoms with Gasteiger partial charge in [-0.25, -0.2) is 4.39 Å². The molecule has 1 atom stereocenters. The average Bonchev–Trinajstić information content (AvgIpc) is 2.51. The van der Waals surface area contributed by atoms with Gasteiger partial charge in [0.05, 0.1) is 13.7 Å². The number of hydrogen-bond acceptors (Lipinski definition) is 3. The Morgan fingerprint density at radius 1 is 1.50 bits per heavy atom. The number of methoxy groups -OCH3 is 1. The molecule has 0 fully saturated rings. The van der Waals surface area contributed by atoms with Crippen molar-refractivity contribution in [2.45, 2.75) is 25.6 Å². The van der Waals surface area contributed by atoms with Crippen molar-refractivity contribution in [2.24, 2.45) is 4.99 Å². The number of nitrogens with one attached hydrogen (secondary N) is 1. The van der Waals surface area contributed by atoms with Gasteiger partial charge in [-0.15, -0.1) is 0 Å². The zero-order valence-corrected chi connectivity index (χ0v) is 14.8. The van der Waals surface area contributed by atoms with E-state index in [0.29, 0.717) is 11.8 Å². The van der Waals surface area contributed by atoms with Gasteiger partial charge in [0.1, 0.15) is 0 Å². The molecule has 1 aromatic rings. The number of hydrogen-bond donors (Lipinski definition) is 1. The molecule has 1 aromatic carbocycles. The van der Waals surface area contributed by atoms with Crippen LogP contribution in [0.2, 0.25) is 0 Å². The highest BCUT2D eigenvalue weighted by Gasteiger charge is 2.10. The Morgan fingerprint density at radius 3 is 2.77 bits per heavy atom. The van der Waals surface area contributed by atoms with Crippen molar-refractivity contribution in [2.75, 3.05) is 33.5 Å². The van der Waals surface area contributed by atoms with Gasteiger partial charge in [0.25, 0.3) is 0 Å². The van der Waals surface area contributed by atoms with Crippen molar-refractivity contribution >= 4 is 17.7 Å². The lowest BCUT2D eigenvalue weighted by Crippen LogP contribution is -2.38. The highest BCUT2D eigenvalue weighted by molar-refractivity contribution is 7.99. The standard InChI is InChI=1S/C16H26FN3OS/c1-6-18-16(19-10-12(2)22-5)20(3)11-13-7-8-15(21-4)14(17)9-13/h7-9,12H,6,10-11H2,1-5H3,(H,18,19). The molecule has 0 aliphatic carbocycles. The summed E-state index contributed by atoms with van der Waals surface area (Å²) in [4.78, 5) is 6.63. The Kier molecular flexibility index (Phi) is 8.09. The maximum absolute atomic E-state index is 13.8. The summed E-state index contributed by atoms with van der Waals surface area (Å²) in [5, 5.41) is 3.74. The fraction of sp³-hybridized carbons (Fsp3) is 0.562. The van der Waals surface area contributed by atoms with E-state index in [1.54, 1.807) is 17.8 Å². The van der Waals surface area contributed by atoms with Gasteiger partial charge in [-0.1, -0.05) is 13.0 Å². The summed E-state index contributed by atoms with van der Waals surface area (Å²) < 4.78 is 18.7. The molecule has 0 aliphatic heterocycles. The monoisotopic (exact) mass is 327 g/mol. The van der Waals surface area contributed by atoms with Crippen LogP contribution in [0.15, 0.2) is 23.2 Å². The van der Waals surface area contributed by atoms with Gasteiger partial charge in [-0.2, -0.15) is 11.8 Å². The van der Waals surface area contributed by atoms with Crippen LogP contribution in [0.25, 0.3) is 0 Å². The third-order valence-corrected chi connectivity index (χ3v) is 4.19. The molecule has 0 bridgehead atoms. The first-order chi connectivity index (χ1) is 10.5. The molecule has 0 spiro atoms. The van der Waals surface area contributed by atoms with Gasteiger partial charge in [0, 0.05) is 25.4 Å². The molecular weight excluding hydrogens is 301 g/mol. The topological polar surface area (TPSA) is 36.9 Å². The molecule has 0 aliphatic rings. The molecule has 124 valence electrons. The summed E-state index contributed by atoms with van der Waals surface area (Å²) in [5.74, 6) is 0.756. The molecule has 1 rings (SSSR count). The maximum atomic E-state index is 13.8. The summed E-state index contributed by atoms with van der Waals surface area (Å²) in [5.41, 5.74) is 0.879. The van der Waals surface area contributed by atoms with E-state index in [9.17, 15) is 4.39 Å². The van der Waals surface area contributed by atoms with E-state index in [0.717, 1.165) is 24.6 Å². The van der Waals surface area contributed by atoms with E-state index in [4.69, 9.17) is 4.74 Å². The predicted molar refractivity (Wildman–Crippen MR) is 93.4 cm³/mol. The number of thioether (sulfide) groups is 1. The number of rotatable bonds is 7. The van der Waals surface area contributed by atoms with Crippen molar-refractivity contribution in [1.29, 1.82) is 0 Å². The smallest absolute Gasteiger partial charge is 0.193 e. The lowest BCUT2D eigenvalue weighted by molar-refractivity contribution is 0.385. The van der Waals surface area contributed by atoms with Crippen molar-refractivity contribution in [3.8, 4) is 5.75 Å². The molecule has 0 amide bonds. The molecule has 1 unspecified atom stereocenters. The molecule has 6 heteroatoms. The second-order valence-electron chi connectivity index (χ2n) is 5.07. The zero-order valence-electron chi connectivity index (χ0n) is 14.0. The minimum absolute atomic E-state index is 0.265. The molecule has 4 nitrogen and oxygen atoms in total. The van der Waals surface area contributed by atoms with Gasteiger partial charge in [-0.3, -0.25) is 4.99 Å². The first-order valence-electron chi connectivity index (χ1n) is 7.36. The quantitative estimate of drug-likeness (QED) is 0.617. The largest absolute Gasteiger partial charge is 0.494 e. The SMILES string of the molecule is CCNC(=NCC(C)SC)N(C)Cc1ccc(OC)c(F)c1. The van der Waals surface area contributed by atoms with E-state index in [2.05, 4.69) is 23.5 Å². The minimum Gasteiger partial charge on any atom is -0.494 e. The van der Waals surface area contributed by atoms with Crippen LogP contribution >= 0.6 is 11.8 Å². The van der Waals surface area contributed by atoms with E-state index in [1.165, 1.54) is 13.2 Å². The summed E-state index contributed by atoms with van der Waals surface area (Å²) in [6.07, 6.45) is 2.08. The van der Waals surface area contributed by atoms with Crippen LogP contribution in [0, 0.1) is 5.82 Å². The third kappa shape index (κ3) is 5.75. The van der Waals surface area contributed by atoms with Crippen molar-refractivity contribution in [1.82, 2.24) is 10.2 Å². The van der Waals surface area contributed by atoms with Crippen LogP contribution in [0.5, 0.6) is 5.75 Å². The molecule has 0 heterocycles. The Bertz CT molecular complexity index is 496. The average molecular weight is 327 g/mol. The number of halogens is 1. The number of ether oxygens (including phenoxy) is 1. The Labute approximate surface area is 137 Å². The van der Waals surface area contributed by atoms with E-state index in [1.807, 2.05) is 24.9 Å². The van der Waals surface area contributed by atoms with Crippen LogP contribution in [0.4, 0.5) is 4.39 Å². The second-order valence-corrected chi connectivity index (χ2v) is 6.34. The first kappa shape index (κ1) is 18.6. The summed E-state index contributed by atoms with van der Waals surface area (Å²) >= 11 is 1.79. The Hall–Kier alpha value is -1.43. The summed E-state index contributed by atoms with van der Waals surface area (Å²) in [6, 6.07) is 5.02. The maximum Gasteiger partial charge on any atom is 0.193 e. The fourth-order valence-electron chi connectivity index (χ4n) is 1.92. The summed E-state index contributed by atoms with van der Waals surface area (Å²) in [6.45, 7) is 6.32. The van der Waals surface area contributed by atoms with Gasteiger partial charge < -0.3 is 15.0 Å². The number of nitrogens with zero attached hydrogens (tertiary/aromatic N) is 2. The molecule has 22 heavy (non-hydrogen) atoms. The molecule has 1 N–H and O–H groups in total. The molecule has 0 saturated carbocycles. The Morgan fingerprint density at radius 2 is 2.23 bits per heavy atom. The van der Waals surface area contributed by atoms with Crippen LogP contribution in [-0.2, 0) is 6.54 Å². The Balaban J connectivity index is 2.77. The highest BCUT2D eigenvalue weighted by atomic mass is 32.2. The molecule has 0 aromatic heterocycles. The van der Waals surface area contributed by atoms with Crippen molar-refractivity contribution in [3.05, 3.63) is 29.6 Å². The molecule has 0 saturated heterocycles. The molecular formula is C16H26FN3OS. The zero-order chi connectivity index (χ0) is 16.5. The van der Waals surface area contributed by atoms with Crippen molar-refractivity contribution in [3.63, 3.8) is 0 Å². The van der Waals surface area contributed by atoms with Crippen molar-refractivity contribution < 1.29 is 9.13 Å². The van der Waals surface area contributed by atoms with Gasteiger partial charge in [0.2, 0.25) is 0 Å².